The molecule has 0 aromatic carbocycles. The summed E-state index contributed by atoms with van der Waals surface area (Å²) in [5, 5.41) is 0. The maximum atomic E-state index is 2.70. The highest BCUT2D eigenvalue weighted by molar-refractivity contribution is 4.62. The summed E-state index contributed by atoms with van der Waals surface area (Å²) in [6.45, 7) is 17.9. The molecule has 1 heteroatoms. The molecule has 0 radical (unpaired) electrons. The van der Waals surface area contributed by atoms with Gasteiger partial charge >= 0.3 is 0 Å². The molecular weight excluding hydrogens is 218 g/mol. The normalized spacial score (nSPS) is 12.3. The molecule has 0 fully saturated rings. The van der Waals surface area contributed by atoms with Gasteiger partial charge in [0.25, 0.3) is 0 Å². The summed E-state index contributed by atoms with van der Waals surface area (Å²) in [4.78, 5) is 2.70. The molecular formula is C17H37N. The average molecular weight is 255 g/mol. The Kier molecular flexibility index (Phi) is 10.8. The first-order valence-corrected chi connectivity index (χ1v) is 8.14. The molecule has 0 spiro atoms. The SMILES string of the molecule is CC(C)CCCN(CCCC(C)C)CCC(C)C. The Bertz CT molecular complexity index is 158. The molecule has 0 aromatic heterocycles. The van der Waals surface area contributed by atoms with Crippen LogP contribution in [0.2, 0.25) is 0 Å². The standard InChI is InChI=1S/C17H37N/c1-15(2)9-7-12-18(14-11-17(5)6)13-8-10-16(3)4/h15-17H,7-14H2,1-6H3. The number of hydrogen-bond donors (Lipinski definition) is 0. The molecule has 0 unspecified atom stereocenters. The van der Waals surface area contributed by atoms with Crippen LogP contribution in [0.25, 0.3) is 0 Å². The minimum absolute atomic E-state index is 0.836. The summed E-state index contributed by atoms with van der Waals surface area (Å²) in [6.07, 6.45) is 6.85. The zero-order valence-corrected chi connectivity index (χ0v) is 13.8. The third-order valence-corrected chi connectivity index (χ3v) is 3.53. The van der Waals surface area contributed by atoms with Gasteiger partial charge in [0.2, 0.25) is 0 Å². The van der Waals surface area contributed by atoms with Gasteiger partial charge in [-0.25, -0.2) is 0 Å². The van der Waals surface area contributed by atoms with Gasteiger partial charge in [-0.05, 0) is 69.5 Å². The quantitative estimate of drug-likeness (QED) is 0.490. The van der Waals surface area contributed by atoms with E-state index in [4.69, 9.17) is 0 Å². The van der Waals surface area contributed by atoms with E-state index in [9.17, 15) is 0 Å². The van der Waals surface area contributed by atoms with Crippen LogP contribution in [0, 0.1) is 17.8 Å². The van der Waals surface area contributed by atoms with Crippen molar-refractivity contribution in [3.63, 3.8) is 0 Å². The number of nitrogens with zero attached hydrogens (tertiary/aromatic N) is 1. The van der Waals surface area contributed by atoms with E-state index in [-0.39, 0.29) is 0 Å². The molecule has 18 heavy (non-hydrogen) atoms. The third-order valence-electron chi connectivity index (χ3n) is 3.53. The van der Waals surface area contributed by atoms with Gasteiger partial charge in [0.1, 0.15) is 0 Å². The smallest absolute Gasteiger partial charge is 0.00163 e. The molecule has 0 amide bonds. The Labute approximate surface area is 116 Å². The summed E-state index contributed by atoms with van der Waals surface area (Å²) >= 11 is 0. The van der Waals surface area contributed by atoms with Gasteiger partial charge in [-0.15, -0.1) is 0 Å². The molecule has 0 aliphatic rings. The van der Waals surface area contributed by atoms with E-state index in [1.165, 1.54) is 51.7 Å². The van der Waals surface area contributed by atoms with Crippen LogP contribution in [0.5, 0.6) is 0 Å². The lowest BCUT2D eigenvalue weighted by Gasteiger charge is -2.24. The molecule has 0 aromatic rings. The zero-order chi connectivity index (χ0) is 14.0. The lowest BCUT2D eigenvalue weighted by atomic mass is 10.1. The maximum Gasteiger partial charge on any atom is -0.00163 e. The second-order valence-corrected chi connectivity index (χ2v) is 7.10. The maximum absolute atomic E-state index is 2.70. The summed E-state index contributed by atoms with van der Waals surface area (Å²) in [5.41, 5.74) is 0. The molecule has 110 valence electrons. The van der Waals surface area contributed by atoms with E-state index in [2.05, 4.69) is 46.4 Å². The lowest BCUT2D eigenvalue weighted by molar-refractivity contribution is 0.240. The first-order chi connectivity index (χ1) is 8.41. The van der Waals surface area contributed by atoms with Crippen LogP contribution in [0.15, 0.2) is 0 Å². The van der Waals surface area contributed by atoms with Crippen molar-refractivity contribution < 1.29 is 0 Å². The Balaban J connectivity index is 3.84. The van der Waals surface area contributed by atoms with Gasteiger partial charge in [0.15, 0.2) is 0 Å². The Morgan fingerprint density at radius 3 is 1.28 bits per heavy atom. The van der Waals surface area contributed by atoms with Gasteiger partial charge < -0.3 is 4.90 Å². The molecule has 1 nitrogen and oxygen atoms in total. The predicted octanol–water partition coefficient (Wildman–Crippen LogP) is 5.21. The van der Waals surface area contributed by atoms with Crippen LogP contribution in [-0.4, -0.2) is 24.5 Å². The molecule has 0 aliphatic heterocycles. The third kappa shape index (κ3) is 12.4. The second kappa shape index (κ2) is 10.8. The van der Waals surface area contributed by atoms with Crippen LogP contribution in [-0.2, 0) is 0 Å². The minimum atomic E-state index is 0.836. The van der Waals surface area contributed by atoms with E-state index in [0.29, 0.717) is 0 Å². The van der Waals surface area contributed by atoms with Crippen molar-refractivity contribution in [1.29, 1.82) is 0 Å². The predicted molar refractivity (Wildman–Crippen MR) is 84.0 cm³/mol. The van der Waals surface area contributed by atoms with Crippen LogP contribution < -0.4 is 0 Å². The monoisotopic (exact) mass is 255 g/mol. The van der Waals surface area contributed by atoms with E-state index < -0.39 is 0 Å². The zero-order valence-electron chi connectivity index (χ0n) is 13.8. The Hall–Kier alpha value is -0.0400. The molecule has 0 N–H and O–H groups in total. The molecule has 0 saturated heterocycles. The lowest BCUT2D eigenvalue weighted by Crippen LogP contribution is -2.28. The second-order valence-electron chi connectivity index (χ2n) is 7.10. The van der Waals surface area contributed by atoms with E-state index in [1.807, 2.05) is 0 Å². The van der Waals surface area contributed by atoms with E-state index in [0.717, 1.165) is 17.8 Å². The largest absolute Gasteiger partial charge is 0.303 e. The Morgan fingerprint density at radius 2 is 0.944 bits per heavy atom. The number of hydrogen-bond acceptors (Lipinski definition) is 1. The van der Waals surface area contributed by atoms with Gasteiger partial charge in [-0.2, -0.15) is 0 Å². The molecule has 0 heterocycles. The van der Waals surface area contributed by atoms with E-state index >= 15 is 0 Å². The van der Waals surface area contributed by atoms with Gasteiger partial charge in [0.05, 0.1) is 0 Å². The fraction of sp³-hybridized carbons (Fsp3) is 1.00. The fourth-order valence-corrected chi connectivity index (χ4v) is 2.22. The van der Waals surface area contributed by atoms with Crippen LogP contribution >= 0.6 is 0 Å². The van der Waals surface area contributed by atoms with Crippen LogP contribution in [0.4, 0.5) is 0 Å². The number of rotatable bonds is 11. The van der Waals surface area contributed by atoms with Crippen molar-refractivity contribution in [3.8, 4) is 0 Å². The van der Waals surface area contributed by atoms with Gasteiger partial charge in [-0.1, -0.05) is 41.5 Å². The highest BCUT2D eigenvalue weighted by Crippen LogP contribution is 2.10. The van der Waals surface area contributed by atoms with Crippen molar-refractivity contribution in [2.75, 3.05) is 19.6 Å². The topological polar surface area (TPSA) is 3.24 Å². The molecule has 0 aliphatic carbocycles. The van der Waals surface area contributed by atoms with Crippen molar-refractivity contribution in [2.45, 2.75) is 73.6 Å². The Morgan fingerprint density at radius 1 is 0.556 bits per heavy atom. The van der Waals surface area contributed by atoms with E-state index in [1.54, 1.807) is 0 Å². The van der Waals surface area contributed by atoms with Crippen molar-refractivity contribution >= 4 is 0 Å². The highest BCUT2D eigenvalue weighted by Gasteiger charge is 2.07. The van der Waals surface area contributed by atoms with Crippen molar-refractivity contribution in [1.82, 2.24) is 4.90 Å². The van der Waals surface area contributed by atoms with Crippen molar-refractivity contribution in [3.05, 3.63) is 0 Å². The summed E-state index contributed by atoms with van der Waals surface area (Å²) in [7, 11) is 0. The highest BCUT2D eigenvalue weighted by atomic mass is 15.1. The van der Waals surface area contributed by atoms with Crippen LogP contribution in [0.1, 0.15) is 73.6 Å². The van der Waals surface area contributed by atoms with Gasteiger partial charge in [-0.3, -0.25) is 0 Å². The summed E-state index contributed by atoms with van der Waals surface area (Å²) in [5.74, 6) is 2.54. The molecule has 0 rings (SSSR count). The summed E-state index contributed by atoms with van der Waals surface area (Å²) in [6, 6.07) is 0. The first-order valence-electron chi connectivity index (χ1n) is 8.14. The molecule has 0 saturated carbocycles. The minimum Gasteiger partial charge on any atom is -0.303 e. The van der Waals surface area contributed by atoms with Crippen molar-refractivity contribution in [2.24, 2.45) is 17.8 Å². The van der Waals surface area contributed by atoms with Crippen LogP contribution in [0.3, 0.4) is 0 Å². The van der Waals surface area contributed by atoms with Gasteiger partial charge in [0, 0.05) is 0 Å². The average Bonchev–Trinajstić information content (AvgIpc) is 2.24. The fourth-order valence-electron chi connectivity index (χ4n) is 2.22. The molecule has 0 atom stereocenters. The summed E-state index contributed by atoms with van der Waals surface area (Å²) < 4.78 is 0. The first kappa shape index (κ1) is 18.0. The molecule has 0 bridgehead atoms.